The fourth-order valence-corrected chi connectivity index (χ4v) is 3.34. The molecule has 1 aromatic carbocycles. The lowest BCUT2D eigenvalue weighted by molar-refractivity contribution is 0.100. The van der Waals surface area contributed by atoms with Crippen molar-refractivity contribution < 1.29 is 23.3 Å². The zero-order valence-corrected chi connectivity index (χ0v) is 16.2. The van der Waals surface area contributed by atoms with Crippen molar-refractivity contribution in [1.82, 2.24) is 15.1 Å². The monoisotopic (exact) mass is 413 g/mol. The van der Waals surface area contributed by atoms with E-state index in [-0.39, 0.29) is 17.4 Å². The van der Waals surface area contributed by atoms with Crippen LogP contribution < -0.4 is 15.4 Å². The number of aromatic nitrogens is 3. The molecule has 0 spiro atoms. The zero-order valence-electron chi connectivity index (χ0n) is 15.4. The van der Waals surface area contributed by atoms with E-state index in [0.717, 1.165) is 22.2 Å². The van der Waals surface area contributed by atoms with Gasteiger partial charge < -0.3 is 13.7 Å². The number of carbonyl (C=O) groups is 2. The summed E-state index contributed by atoms with van der Waals surface area (Å²) < 4.78 is 16.3. The predicted octanol–water partition coefficient (Wildman–Crippen LogP) is 3.48. The Balaban J connectivity index is 1.43. The van der Waals surface area contributed by atoms with Crippen molar-refractivity contribution in [2.45, 2.75) is 13.8 Å². The molecule has 0 bridgehead atoms. The number of thiazole rings is 1. The number of ether oxygens (including phenoxy) is 1. The first kappa shape index (κ1) is 18.6. The normalized spacial score (nSPS) is 10.8. The molecule has 0 aliphatic carbocycles. The number of aryl methyl sites for hydroxylation is 1. The fourth-order valence-electron chi connectivity index (χ4n) is 2.45. The molecule has 2 amide bonds. The summed E-state index contributed by atoms with van der Waals surface area (Å²) in [6, 6.07) is 6.84. The van der Waals surface area contributed by atoms with Gasteiger partial charge in [0.1, 0.15) is 17.8 Å². The Labute approximate surface area is 167 Å². The summed E-state index contributed by atoms with van der Waals surface area (Å²) >= 11 is 1.31. The van der Waals surface area contributed by atoms with Crippen molar-refractivity contribution in [2.24, 2.45) is 0 Å². The Bertz CT molecular complexity index is 1190. The maximum absolute atomic E-state index is 12.4. The Hall–Kier alpha value is -3.73. The first-order chi connectivity index (χ1) is 14.0. The minimum atomic E-state index is -0.563. The van der Waals surface area contributed by atoms with Crippen LogP contribution >= 0.6 is 11.3 Å². The van der Waals surface area contributed by atoms with Crippen LogP contribution in [0.2, 0.25) is 0 Å². The van der Waals surface area contributed by atoms with Gasteiger partial charge >= 0.3 is 6.01 Å². The van der Waals surface area contributed by atoms with Gasteiger partial charge in [-0.1, -0.05) is 16.5 Å². The summed E-state index contributed by atoms with van der Waals surface area (Å²) in [4.78, 5) is 32.7. The summed E-state index contributed by atoms with van der Waals surface area (Å²) in [6.07, 6.45) is 1.14. The molecular formula is C18H15N5O5S. The van der Waals surface area contributed by atoms with Crippen LogP contribution in [0.4, 0.5) is 11.1 Å². The molecule has 0 radical (unpaired) electrons. The van der Waals surface area contributed by atoms with Crippen LogP contribution in [0, 0.1) is 6.92 Å². The molecule has 0 saturated carbocycles. The Morgan fingerprint density at radius 1 is 1.14 bits per heavy atom. The van der Waals surface area contributed by atoms with Crippen molar-refractivity contribution in [2.75, 3.05) is 17.2 Å². The number of fused-ring (bicyclic) bond motifs is 1. The molecule has 0 fully saturated rings. The molecule has 11 heteroatoms. The van der Waals surface area contributed by atoms with Crippen LogP contribution in [0.1, 0.15) is 33.7 Å². The first-order valence-electron chi connectivity index (χ1n) is 8.57. The smallest absolute Gasteiger partial charge is 0.302 e. The summed E-state index contributed by atoms with van der Waals surface area (Å²) in [7, 11) is 0. The van der Waals surface area contributed by atoms with E-state index >= 15 is 0 Å². The zero-order chi connectivity index (χ0) is 20.4. The third-order valence-electron chi connectivity index (χ3n) is 3.71. The Morgan fingerprint density at radius 3 is 2.72 bits per heavy atom. The molecule has 10 nitrogen and oxygen atoms in total. The van der Waals surface area contributed by atoms with Crippen LogP contribution in [0.25, 0.3) is 10.2 Å². The van der Waals surface area contributed by atoms with E-state index in [1.165, 1.54) is 17.4 Å². The number of hydrogen-bond acceptors (Lipinski definition) is 9. The van der Waals surface area contributed by atoms with Crippen molar-refractivity contribution >= 4 is 44.5 Å². The maximum atomic E-state index is 12.4. The van der Waals surface area contributed by atoms with Gasteiger partial charge in [-0.05, 0) is 32.0 Å². The van der Waals surface area contributed by atoms with Crippen molar-refractivity contribution in [3.8, 4) is 5.75 Å². The van der Waals surface area contributed by atoms with E-state index in [1.807, 2.05) is 25.1 Å². The van der Waals surface area contributed by atoms with Crippen LogP contribution in [-0.2, 0) is 0 Å². The number of carbonyl (C=O) groups excluding carboxylic acids is 2. The highest BCUT2D eigenvalue weighted by Gasteiger charge is 2.18. The van der Waals surface area contributed by atoms with Crippen molar-refractivity contribution in [3.05, 3.63) is 47.7 Å². The van der Waals surface area contributed by atoms with Gasteiger partial charge in [0.15, 0.2) is 16.5 Å². The second-order valence-corrected chi connectivity index (χ2v) is 6.88. The number of rotatable bonds is 6. The maximum Gasteiger partial charge on any atom is 0.302 e. The molecule has 0 aliphatic rings. The largest absolute Gasteiger partial charge is 0.494 e. The average molecular weight is 413 g/mol. The van der Waals surface area contributed by atoms with E-state index in [9.17, 15) is 9.59 Å². The molecular weight excluding hydrogens is 398 g/mol. The summed E-state index contributed by atoms with van der Waals surface area (Å²) in [5.41, 5.74) is 0.809. The lowest BCUT2D eigenvalue weighted by atomic mass is 10.3. The molecule has 0 atom stereocenters. The molecule has 3 heterocycles. The third-order valence-corrected chi connectivity index (χ3v) is 4.64. The van der Waals surface area contributed by atoms with Crippen molar-refractivity contribution in [1.29, 1.82) is 0 Å². The number of hydrogen-bond donors (Lipinski definition) is 2. The minimum absolute atomic E-state index is 0.00843. The van der Waals surface area contributed by atoms with Gasteiger partial charge in [0.2, 0.25) is 0 Å². The van der Waals surface area contributed by atoms with E-state index in [0.29, 0.717) is 17.5 Å². The quantitative estimate of drug-likeness (QED) is 0.491. The highest BCUT2D eigenvalue weighted by molar-refractivity contribution is 7.22. The minimum Gasteiger partial charge on any atom is -0.494 e. The Kier molecular flexibility index (Phi) is 4.96. The molecule has 0 aliphatic heterocycles. The second-order valence-electron chi connectivity index (χ2n) is 5.85. The van der Waals surface area contributed by atoms with Gasteiger partial charge in [0, 0.05) is 6.07 Å². The lowest BCUT2D eigenvalue weighted by Crippen LogP contribution is -2.14. The number of nitrogens with zero attached hydrogens (tertiary/aromatic N) is 3. The van der Waals surface area contributed by atoms with Gasteiger partial charge in [0.25, 0.3) is 11.8 Å². The standard InChI is InChI=1S/C18H15N5O5S/c1-3-26-10-4-5-11-14(7-10)29-18(20-11)22-16(25)13-8-27-17(19-13)21-15(24)12-6-9(2)28-23-12/h4-8H,3H2,1-2H3,(H,19,21,24)(H,20,22,25). The van der Waals surface area contributed by atoms with Gasteiger partial charge in [-0.2, -0.15) is 4.98 Å². The van der Waals surface area contributed by atoms with E-state index in [2.05, 4.69) is 25.8 Å². The highest BCUT2D eigenvalue weighted by Crippen LogP contribution is 2.29. The SMILES string of the molecule is CCOc1ccc2nc(NC(=O)c3coc(NC(=O)c4cc(C)on4)n3)sc2c1. The van der Waals surface area contributed by atoms with Crippen molar-refractivity contribution in [3.63, 3.8) is 0 Å². The average Bonchev–Trinajstić information content (AvgIpc) is 3.41. The molecule has 3 aromatic heterocycles. The highest BCUT2D eigenvalue weighted by atomic mass is 32.1. The summed E-state index contributed by atoms with van der Waals surface area (Å²) in [5, 5.41) is 9.07. The molecule has 4 aromatic rings. The number of benzene rings is 1. The van der Waals surface area contributed by atoms with Crippen LogP contribution in [-0.4, -0.2) is 33.5 Å². The molecule has 0 unspecified atom stereocenters. The second kappa shape index (κ2) is 7.72. The third kappa shape index (κ3) is 4.09. The van der Waals surface area contributed by atoms with E-state index in [4.69, 9.17) is 13.7 Å². The first-order valence-corrected chi connectivity index (χ1v) is 9.38. The van der Waals surface area contributed by atoms with Gasteiger partial charge in [-0.3, -0.25) is 20.2 Å². The predicted molar refractivity (Wildman–Crippen MR) is 104 cm³/mol. The van der Waals surface area contributed by atoms with Gasteiger partial charge in [-0.25, -0.2) is 4.98 Å². The number of nitrogens with one attached hydrogen (secondary N) is 2. The summed E-state index contributed by atoms with van der Waals surface area (Å²) in [5.74, 6) is 0.148. The Morgan fingerprint density at radius 2 is 1.97 bits per heavy atom. The fraction of sp³-hybridized carbons (Fsp3) is 0.167. The van der Waals surface area contributed by atoms with Crippen LogP contribution in [0.3, 0.4) is 0 Å². The number of oxazole rings is 1. The van der Waals surface area contributed by atoms with E-state index in [1.54, 1.807) is 6.92 Å². The van der Waals surface area contributed by atoms with E-state index < -0.39 is 11.8 Å². The molecule has 2 N–H and O–H groups in total. The van der Waals surface area contributed by atoms with Gasteiger partial charge in [0.05, 0.1) is 16.8 Å². The summed E-state index contributed by atoms with van der Waals surface area (Å²) in [6.45, 7) is 4.14. The number of amides is 2. The van der Waals surface area contributed by atoms with Crippen LogP contribution in [0.5, 0.6) is 5.75 Å². The molecule has 29 heavy (non-hydrogen) atoms. The van der Waals surface area contributed by atoms with Crippen LogP contribution in [0.15, 0.2) is 39.5 Å². The van der Waals surface area contributed by atoms with Gasteiger partial charge in [-0.15, -0.1) is 0 Å². The lowest BCUT2D eigenvalue weighted by Gasteiger charge is -2.00. The molecule has 0 saturated heterocycles. The molecule has 148 valence electrons. The number of anilines is 2. The topological polar surface area (TPSA) is 132 Å². The molecule has 4 rings (SSSR count).